The van der Waals surface area contributed by atoms with E-state index >= 15 is 0 Å². The van der Waals surface area contributed by atoms with E-state index in [4.69, 9.17) is 11.6 Å². The molecule has 1 heterocycles. The zero-order chi connectivity index (χ0) is 20.5. The number of rotatable bonds is 6. The van der Waals surface area contributed by atoms with Crippen molar-refractivity contribution in [3.8, 4) is 0 Å². The van der Waals surface area contributed by atoms with E-state index in [1.807, 2.05) is 0 Å². The predicted molar refractivity (Wildman–Crippen MR) is 104 cm³/mol. The molecule has 0 radical (unpaired) electrons. The Labute approximate surface area is 169 Å². The van der Waals surface area contributed by atoms with Crippen LogP contribution in [0.2, 0.25) is 5.02 Å². The molecule has 28 heavy (non-hydrogen) atoms. The molecule has 0 aliphatic rings. The minimum absolute atomic E-state index is 0.126. The molecule has 0 spiro atoms. The van der Waals surface area contributed by atoms with Crippen molar-refractivity contribution in [3.05, 3.63) is 75.2 Å². The highest BCUT2D eigenvalue weighted by atomic mass is 35.5. The molecule has 1 N–H and O–H groups in total. The maximum atomic E-state index is 14.5. The molecule has 3 aromatic rings. The van der Waals surface area contributed by atoms with Gasteiger partial charge in [0.2, 0.25) is 0 Å². The Kier molecular flexibility index (Phi) is 5.99. The number of hydrogen-bond donors (Lipinski definition) is 1. The Morgan fingerprint density at radius 2 is 1.89 bits per heavy atom. The molecule has 0 bridgehead atoms. The van der Waals surface area contributed by atoms with Crippen molar-refractivity contribution < 1.29 is 22.3 Å². The summed E-state index contributed by atoms with van der Waals surface area (Å²) < 4.78 is 55.8. The average molecular weight is 445 g/mol. The summed E-state index contributed by atoms with van der Waals surface area (Å²) in [6, 6.07) is 7.08. The fourth-order valence-corrected chi connectivity index (χ4v) is 5.28. The minimum atomic E-state index is -4.27. The van der Waals surface area contributed by atoms with Crippen molar-refractivity contribution in [1.29, 1.82) is 0 Å². The van der Waals surface area contributed by atoms with Crippen molar-refractivity contribution >= 4 is 38.6 Å². The van der Waals surface area contributed by atoms with Gasteiger partial charge in [0.1, 0.15) is 16.6 Å². The van der Waals surface area contributed by atoms with E-state index in [0.717, 1.165) is 33.8 Å². The highest BCUT2D eigenvalue weighted by Gasteiger charge is 2.33. The molecule has 0 saturated carbocycles. The third-order valence-corrected chi connectivity index (χ3v) is 7.29. The summed E-state index contributed by atoms with van der Waals surface area (Å²) in [4.78, 5) is 4.34. The summed E-state index contributed by atoms with van der Waals surface area (Å²) >= 11 is 6.92. The van der Waals surface area contributed by atoms with E-state index in [0.29, 0.717) is 14.9 Å². The Hall–Kier alpha value is -2.07. The number of aliphatic hydroxyl groups is 1. The fourth-order valence-electron chi connectivity index (χ4n) is 2.63. The Balaban J connectivity index is 2.18. The van der Waals surface area contributed by atoms with Gasteiger partial charge in [-0.2, -0.15) is 0 Å². The zero-order valence-electron chi connectivity index (χ0n) is 14.5. The van der Waals surface area contributed by atoms with Gasteiger partial charge in [-0.1, -0.05) is 11.6 Å². The third kappa shape index (κ3) is 4.02. The molecule has 0 aliphatic carbocycles. The molecular weight excluding hydrogens is 430 g/mol. The second-order valence-corrected chi connectivity index (χ2v) is 9.24. The van der Waals surface area contributed by atoms with Crippen LogP contribution in [0, 0.1) is 11.6 Å². The Morgan fingerprint density at radius 3 is 2.50 bits per heavy atom. The molecule has 1 aromatic heterocycles. The largest absolute Gasteiger partial charge is 0.389 e. The van der Waals surface area contributed by atoms with Crippen LogP contribution in [0.1, 0.15) is 22.9 Å². The van der Waals surface area contributed by atoms with Gasteiger partial charge in [0.05, 0.1) is 23.2 Å². The molecule has 10 heteroatoms. The molecule has 1 atom stereocenters. The summed E-state index contributed by atoms with van der Waals surface area (Å²) in [5.41, 5.74) is -0.429. The normalized spacial score (nSPS) is 12.8. The van der Waals surface area contributed by atoms with Crippen LogP contribution in [-0.2, 0) is 16.6 Å². The summed E-state index contributed by atoms with van der Waals surface area (Å²) in [5.74, 6) is -1.67. The Morgan fingerprint density at radius 1 is 1.21 bits per heavy atom. The van der Waals surface area contributed by atoms with Crippen LogP contribution in [-0.4, -0.2) is 18.5 Å². The van der Waals surface area contributed by atoms with Crippen molar-refractivity contribution in [2.24, 2.45) is 0 Å². The van der Waals surface area contributed by atoms with Gasteiger partial charge in [-0.3, -0.25) is 4.31 Å². The number of aromatic nitrogens is 1. The summed E-state index contributed by atoms with van der Waals surface area (Å²) in [5, 5.41) is 9.95. The standard InChI is InChI=1S/C18H15ClF2N2O3S2/c1-11(17-9-22-18(10-24)27-17)23(16-8-13(20)4-7-15(16)21)28(25,26)14-5-2-12(19)3-6-14/h2-9,11,24H,10H2,1H3. The molecule has 0 aliphatic heterocycles. The van der Waals surface area contributed by atoms with E-state index in [-0.39, 0.29) is 11.5 Å². The van der Waals surface area contributed by atoms with E-state index in [2.05, 4.69) is 4.98 Å². The zero-order valence-corrected chi connectivity index (χ0v) is 16.9. The van der Waals surface area contributed by atoms with Crippen LogP contribution in [0.4, 0.5) is 14.5 Å². The quantitative estimate of drug-likeness (QED) is 0.606. The van der Waals surface area contributed by atoms with Crippen molar-refractivity contribution in [2.75, 3.05) is 4.31 Å². The van der Waals surface area contributed by atoms with Gasteiger partial charge < -0.3 is 5.11 Å². The summed E-state index contributed by atoms with van der Waals surface area (Å²) in [6.07, 6.45) is 1.41. The average Bonchev–Trinajstić information content (AvgIpc) is 3.14. The SMILES string of the molecule is CC(c1cnc(CO)s1)N(c1cc(F)ccc1F)S(=O)(=O)c1ccc(Cl)cc1. The van der Waals surface area contributed by atoms with Crippen LogP contribution in [0.5, 0.6) is 0 Å². The number of thiazole rings is 1. The van der Waals surface area contributed by atoms with Crippen molar-refractivity contribution in [2.45, 2.75) is 24.5 Å². The summed E-state index contributed by atoms with van der Waals surface area (Å²) in [7, 11) is -4.27. The number of benzene rings is 2. The second-order valence-electron chi connectivity index (χ2n) is 5.84. The van der Waals surface area contributed by atoms with Crippen LogP contribution in [0.25, 0.3) is 0 Å². The lowest BCUT2D eigenvalue weighted by Crippen LogP contribution is -2.34. The number of hydrogen-bond acceptors (Lipinski definition) is 5. The van der Waals surface area contributed by atoms with Crippen LogP contribution < -0.4 is 4.31 Å². The van der Waals surface area contributed by atoms with Crippen LogP contribution >= 0.6 is 22.9 Å². The van der Waals surface area contributed by atoms with Gasteiger partial charge in [-0.15, -0.1) is 11.3 Å². The molecule has 5 nitrogen and oxygen atoms in total. The first kappa shape index (κ1) is 20.7. The molecule has 148 valence electrons. The van der Waals surface area contributed by atoms with Crippen molar-refractivity contribution in [1.82, 2.24) is 4.98 Å². The first-order chi connectivity index (χ1) is 13.2. The molecule has 0 fully saturated rings. The van der Waals surface area contributed by atoms with Crippen LogP contribution in [0.15, 0.2) is 53.6 Å². The maximum Gasteiger partial charge on any atom is 0.264 e. The first-order valence-corrected chi connectivity index (χ1v) is 10.7. The van der Waals surface area contributed by atoms with Gasteiger partial charge in [0, 0.05) is 22.2 Å². The molecule has 3 rings (SSSR count). The molecule has 2 aromatic carbocycles. The number of nitrogens with zero attached hydrogens (tertiary/aromatic N) is 2. The van der Waals surface area contributed by atoms with Gasteiger partial charge >= 0.3 is 0 Å². The fraction of sp³-hybridized carbons (Fsp3) is 0.167. The number of halogens is 3. The lowest BCUT2D eigenvalue weighted by atomic mass is 10.2. The minimum Gasteiger partial charge on any atom is -0.389 e. The van der Waals surface area contributed by atoms with Gasteiger partial charge in [0.25, 0.3) is 10.0 Å². The smallest absolute Gasteiger partial charge is 0.264 e. The second kappa shape index (κ2) is 8.12. The predicted octanol–water partition coefficient (Wildman–Crippen LogP) is 4.52. The van der Waals surface area contributed by atoms with Gasteiger partial charge in [-0.25, -0.2) is 22.2 Å². The monoisotopic (exact) mass is 444 g/mol. The highest BCUT2D eigenvalue weighted by molar-refractivity contribution is 7.92. The van der Waals surface area contributed by atoms with E-state index in [1.54, 1.807) is 0 Å². The van der Waals surface area contributed by atoms with E-state index < -0.39 is 33.4 Å². The molecular formula is C18H15ClF2N2O3S2. The topological polar surface area (TPSA) is 70.5 Å². The number of anilines is 1. The van der Waals surface area contributed by atoms with Crippen LogP contribution in [0.3, 0.4) is 0 Å². The van der Waals surface area contributed by atoms with Gasteiger partial charge in [0.15, 0.2) is 0 Å². The molecule has 0 amide bonds. The van der Waals surface area contributed by atoms with Gasteiger partial charge in [-0.05, 0) is 43.3 Å². The van der Waals surface area contributed by atoms with Crippen molar-refractivity contribution in [3.63, 3.8) is 0 Å². The lowest BCUT2D eigenvalue weighted by molar-refractivity contribution is 0.281. The van der Waals surface area contributed by atoms with E-state index in [9.17, 15) is 22.3 Å². The maximum absolute atomic E-state index is 14.5. The highest BCUT2D eigenvalue weighted by Crippen LogP contribution is 2.37. The first-order valence-electron chi connectivity index (χ1n) is 8.04. The molecule has 0 saturated heterocycles. The van der Waals surface area contributed by atoms with E-state index in [1.165, 1.54) is 37.4 Å². The lowest BCUT2D eigenvalue weighted by Gasteiger charge is -2.30. The number of sulfonamides is 1. The molecule has 1 unspecified atom stereocenters. The Bertz CT molecular complexity index is 1090. The number of aliphatic hydroxyl groups excluding tert-OH is 1. The third-order valence-electron chi connectivity index (χ3n) is 3.99. The summed E-state index contributed by atoms with van der Waals surface area (Å²) in [6.45, 7) is 1.22.